The third kappa shape index (κ3) is 7.03. The van der Waals surface area contributed by atoms with Gasteiger partial charge in [0.1, 0.15) is 5.60 Å². The van der Waals surface area contributed by atoms with Crippen molar-refractivity contribution in [3.05, 3.63) is 24.3 Å². The normalized spacial score (nSPS) is 30.0. The molecular weight excluding hydrogens is 376 g/mol. The Hall–Kier alpha value is -0.970. The smallest absolute Gasteiger partial charge is 0.178 e. The van der Waals surface area contributed by atoms with Gasteiger partial charge in [-0.1, -0.05) is 77.6 Å². The maximum absolute atomic E-state index is 11.5. The number of unbranched alkanes of at least 4 members (excludes halogenated alkanes) is 10. The third-order valence-corrected chi connectivity index (χ3v) is 6.95. The molecule has 2 saturated heterocycles. The summed E-state index contributed by atoms with van der Waals surface area (Å²) in [6.45, 7) is 2.76. The van der Waals surface area contributed by atoms with Gasteiger partial charge >= 0.3 is 0 Å². The highest BCUT2D eigenvalue weighted by Crippen LogP contribution is 2.45. The van der Waals surface area contributed by atoms with Crippen LogP contribution < -0.4 is 0 Å². The number of aliphatic hydroxyl groups is 1. The Bertz CT molecular complexity index is 580. The van der Waals surface area contributed by atoms with Crippen LogP contribution in [-0.4, -0.2) is 40.9 Å². The van der Waals surface area contributed by atoms with E-state index in [1.807, 2.05) is 12.2 Å². The second-order valence-electron chi connectivity index (χ2n) is 9.83. The minimum Gasteiger partial charge on any atom is -0.393 e. The molecule has 4 heteroatoms. The van der Waals surface area contributed by atoms with E-state index >= 15 is 0 Å². The third-order valence-electron chi connectivity index (χ3n) is 6.95. The van der Waals surface area contributed by atoms with Crippen LogP contribution in [-0.2, 0) is 14.3 Å². The molecule has 170 valence electrons. The summed E-state index contributed by atoms with van der Waals surface area (Å²) in [6, 6.07) is 0. The van der Waals surface area contributed by atoms with Crippen LogP contribution in [0.1, 0.15) is 103 Å². The fourth-order valence-corrected chi connectivity index (χ4v) is 5.33. The Balaban J connectivity index is 1.31. The second kappa shape index (κ2) is 11.6. The highest BCUT2D eigenvalue weighted by atomic mass is 16.6. The zero-order chi connectivity index (χ0) is 21.3. The number of carbonyl (C=O) groups excluding carboxylic acids is 1. The van der Waals surface area contributed by atoms with Crippen molar-refractivity contribution in [2.24, 2.45) is 0 Å². The number of ketones is 1. The van der Waals surface area contributed by atoms with Crippen LogP contribution in [0.5, 0.6) is 0 Å². The van der Waals surface area contributed by atoms with Gasteiger partial charge in [-0.05, 0) is 37.1 Å². The molecule has 30 heavy (non-hydrogen) atoms. The first-order valence-corrected chi connectivity index (χ1v) is 12.5. The first kappa shape index (κ1) is 23.7. The summed E-state index contributed by atoms with van der Waals surface area (Å²) < 4.78 is 12.6. The lowest BCUT2D eigenvalue weighted by Gasteiger charge is -2.40. The van der Waals surface area contributed by atoms with Crippen molar-refractivity contribution in [2.45, 2.75) is 127 Å². The highest BCUT2D eigenvalue weighted by Gasteiger charge is 2.52. The lowest BCUT2D eigenvalue weighted by Crippen LogP contribution is -2.47. The number of hydrogen-bond donors (Lipinski definition) is 1. The maximum atomic E-state index is 11.5. The molecule has 0 radical (unpaired) electrons. The number of rotatable bonds is 12. The SMILES string of the molecule is CCCCCCCCCCCCCC1CC(O)CC2(COC3(C=CC(=O)C=C3)C2)O1. The Morgan fingerprint density at radius 2 is 1.57 bits per heavy atom. The minimum atomic E-state index is -0.536. The van der Waals surface area contributed by atoms with E-state index in [4.69, 9.17) is 9.47 Å². The van der Waals surface area contributed by atoms with Gasteiger partial charge in [-0.2, -0.15) is 0 Å². The van der Waals surface area contributed by atoms with Crippen molar-refractivity contribution in [1.29, 1.82) is 0 Å². The van der Waals surface area contributed by atoms with E-state index in [2.05, 4.69) is 6.92 Å². The topological polar surface area (TPSA) is 55.8 Å². The molecular formula is C26H42O4. The van der Waals surface area contributed by atoms with E-state index in [0.29, 0.717) is 19.4 Å². The molecule has 2 spiro atoms. The van der Waals surface area contributed by atoms with Gasteiger partial charge in [0.2, 0.25) is 0 Å². The number of aliphatic hydroxyl groups excluding tert-OH is 1. The van der Waals surface area contributed by atoms with E-state index in [-0.39, 0.29) is 18.0 Å². The summed E-state index contributed by atoms with van der Waals surface area (Å²) in [6.07, 6.45) is 24.5. The van der Waals surface area contributed by atoms with Crippen molar-refractivity contribution in [1.82, 2.24) is 0 Å². The minimum absolute atomic E-state index is 0.00384. The molecule has 4 nitrogen and oxygen atoms in total. The predicted molar refractivity (Wildman–Crippen MR) is 121 cm³/mol. The van der Waals surface area contributed by atoms with Gasteiger partial charge in [0.15, 0.2) is 5.78 Å². The molecule has 2 fully saturated rings. The molecule has 3 aliphatic rings. The number of carbonyl (C=O) groups is 1. The summed E-state index contributed by atoms with van der Waals surface area (Å²) in [7, 11) is 0. The first-order chi connectivity index (χ1) is 14.5. The van der Waals surface area contributed by atoms with E-state index in [9.17, 15) is 9.90 Å². The van der Waals surface area contributed by atoms with E-state index in [1.165, 1.54) is 70.6 Å². The maximum Gasteiger partial charge on any atom is 0.178 e. The molecule has 0 aromatic carbocycles. The van der Waals surface area contributed by atoms with Crippen molar-refractivity contribution in [2.75, 3.05) is 6.61 Å². The lowest BCUT2D eigenvalue weighted by molar-refractivity contribution is -0.162. The zero-order valence-electron chi connectivity index (χ0n) is 18.9. The van der Waals surface area contributed by atoms with Crippen LogP contribution in [0.2, 0.25) is 0 Å². The fourth-order valence-electron chi connectivity index (χ4n) is 5.33. The molecule has 1 N–H and O–H groups in total. The molecule has 1 aliphatic carbocycles. The van der Waals surface area contributed by atoms with Crippen molar-refractivity contribution >= 4 is 5.78 Å². The molecule has 0 aromatic heterocycles. The number of allylic oxidation sites excluding steroid dienone is 2. The van der Waals surface area contributed by atoms with Crippen molar-refractivity contribution < 1.29 is 19.4 Å². The van der Waals surface area contributed by atoms with Crippen LogP contribution in [0.3, 0.4) is 0 Å². The lowest BCUT2D eigenvalue weighted by atomic mass is 9.81. The molecule has 2 heterocycles. The summed E-state index contributed by atoms with van der Waals surface area (Å²) in [4.78, 5) is 11.5. The second-order valence-corrected chi connectivity index (χ2v) is 9.83. The Morgan fingerprint density at radius 1 is 0.967 bits per heavy atom. The number of hydrogen-bond acceptors (Lipinski definition) is 4. The fraction of sp³-hybridized carbons (Fsp3) is 0.808. The summed E-state index contributed by atoms with van der Waals surface area (Å²) >= 11 is 0. The van der Waals surface area contributed by atoms with E-state index < -0.39 is 11.2 Å². The summed E-state index contributed by atoms with van der Waals surface area (Å²) in [5.74, 6) is 0.00384. The molecule has 3 rings (SSSR count). The van der Waals surface area contributed by atoms with Gasteiger partial charge in [-0.15, -0.1) is 0 Å². The highest BCUT2D eigenvalue weighted by molar-refractivity contribution is 6.00. The van der Waals surface area contributed by atoms with Crippen LogP contribution in [0.15, 0.2) is 24.3 Å². The molecule has 2 aliphatic heterocycles. The molecule has 0 saturated carbocycles. The van der Waals surface area contributed by atoms with E-state index in [1.54, 1.807) is 12.2 Å². The van der Waals surface area contributed by atoms with Gasteiger partial charge in [0.25, 0.3) is 0 Å². The Morgan fingerprint density at radius 3 is 2.20 bits per heavy atom. The zero-order valence-corrected chi connectivity index (χ0v) is 18.9. The summed E-state index contributed by atoms with van der Waals surface area (Å²) in [5.41, 5.74) is -0.957. The monoisotopic (exact) mass is 418 g/mol. The van der Waals surface area contributed by atoms with Crippen molar-refractivity contribution in [3.63, 3.8) is 0 Å². The van der Waals surface area contributed by atoms with Crippen LogP contribution in [0.25, 0.3) is 0 Å². The first-order valence-electron chi connectivity index (χ1n) is 12.5. The van der Waals surface area contributed by atoms with Gasteiger partial charge in [-0.3, -0.25) is 4.79 Å². The Kier molecular flexibility index (Phi) is 9.15. The van der Waals surface area contributed by atoms with Gasteiger partial charge < -0.3 is 14.6 Å². The predicted octanol–water partition coefficient (Wildman–Crippen LogP) is 5.82. The van der Waals surface area contributed by atoms with Crippen molar-refractivity contribution in [3.8, 4) is 0 Å². The van der Waals surface area contributed by atoms with Gasteiger partial charge in [0, 0.05) is 12.8 Å². The van der Waals surface area contributed by atoms with Gasteiger partial charge in [-0.25, -0.2) is 0 Å². The number of ether oxygens (including phenoxy) is 2. The molecule has 0 bridgehead atoms. The molecule has 0 amide bonds. The molecule has 3 unspecified atom stereocenters. The molecule has 3 atom stereocenters. The average Bonchev–Trinajstić information content (AvgIpc) is 3.05. The average molecular weight is 419 g/mol. The quantitative estimate of drug-likeness (QED) is 0.406. The van der Waals surface area contributed by atoms with Crippen LogP contribution in [0, 0.1) is 0 Å². The largest absolute Gasteiger partial charge is 0.393 e. The standard InChI is InChI=1S/C26H42O4/c1-2-3-4-5-6-7-8-9-10-11-12-13-24-18-23(28)19-26(30-24)20-25(29-21-26)16-14-22(27)15-17-25/h14-17,23-24,28H,2-13,18-21H2,1H3. The van der Waals surface area contributed by atoms with E-state index in [0.717, 1.165) is 12.8 Å². The van der Waals surface area contributed by atoms with Crippen LogP contribution >= 0.6 is 0 Å². The molecule has 0 aromatic rings. The van der Waals surface area contributed by atoms with Gasteiger partial charge in [0.05, 0.1) is 24.4 Å². The van der Waals surface area contributed by atoms with Crippen LogP contribution in [0.4, 0.5) is 0 Å². The Labute approximate surface area is 183 Å². The summed E-state index contributed by atoms with van der Waals surface area (Å²) in [5, 5.41) is 10.5.